The Kier molecular flexibility index (Phi) is 4.33. The highest BCUT2D eigenvalue weighted by Gasteiger charge is 2.13. The van der Waals surface area contributed by atoms with Crippen LogP contribution in [-0.2, 0) is 5.75 Å². The number of rotatable bonds is 3. The molecule has 0 saturated carbocycles. The molecule has 0 bridgehead atoms. The molecule has 16 heavy (non-hydrogen) atoms. The summed E-state index contributed by atoms with van der Waals surface area (Å²) in [6, 6.07) is 0.00400. The van der Waals surface area contributed by atoms with Crippen LogP contribution < -0.4 is 5.73 Å². The van der Waals surface area contributed by atoms with Gasteiger partial charge in [-0.1, -0.05) is 20.8 Å². The zero-order chi connectivity index (χ0) is 12.3. The fraction of sp³-hybridized carbons (Fsp3) is 0.667. The van der Waals surface area contributed by atoms with E-state index in [1.54, 1.807) is 0 Å². The molecule has 1 heterocycles. The lowest BCUT2D eigenvalue weighted by molar-refractivity contribution is 0.777. The van der Waals surface area contributed by atoms with E-state index in [2.05, 4.69) is 30.7 Å². The molecule has 0 radical (unpaired) electrons. The molecule has 0 aliphatic carbocycles. The van der Waals surface area contributed by atoms with Crippen molar-refractivity contribution in [3.63, 3.8) is 0 Å². The first-order chi connectivity index (χ1) is 7.29. The highest BCUT2D eigenvalue weighted by molar-refractivity contribution is 7.99. The van der Waals surface area contributed by atoms with Crippen molar-refractivity contribution in [3.05, 3.63) is 23.3 Å². The summed E-state index contributed by atoms with van der Waals surface area (Å²) >= 11 is 1.85. The minimum Gasteiger partial charge on any atom is -0.324 e. The van der Waals surface area contributed by atoms with Crippen molar-refractivity contribution in [3.8, 4) is 0 Å². The topological polar surface area (TPSA) is 51.8 Å². The van der Waals surface area contributed by atoms with Crippen LogP contribution in [0.3, 0.4) is 0 Å². The van der Waals surface area contributed by atoms with Gasteiger partial charge in [0, 0.05) is 28.2 Å². The zero-order valence-electron chi connectivity index (χ0n) is 10.7. The van der Waals surface area contributed by atoms with E-state index < -0.39 is 0 Å². The number of hydrogen-bond acceptors (Lipinski definition) is 4. The van der Waals surface area contributed by atoms with Crippen molar-refractivity contribution in [2.75, 3.05) is 0 Å². The fourth-order valence-electron chi connectivity index (χ4n) is 1.32. The highest BCUT2D eigenvalue weighted by atomic mass is 32.2. The minimum absolute atomic E-state index is 0.00400. The lowest BCUT2D eigenvalue weighted by Crippen LogP contribution is -2.12. The van der Waals surface area contributed by atoms with Crippen LogP contribution in [0.5, 0.6) is 0 Å². The Morgan fingerprint density at radius 3 is 2.50 bits per heavy atom. The third-order valence-corrected chi connectivity index (χ3v) is 3.46. The summed E-state index contributed by atoms with van der Waals surface area (Å²) < 4.78 is 0.247. The Morgan fingerprint density at radius 2 is 2.06 bits per heavy atom. The van der Waals surface area contributed by atoms with E-state index in [9.17, 15) is 0 Å². The van der Waals surface area contributed by atoms with E-state index in [4.69, 9.17) is 5.73 Å². The smallest absolute Gasteiger partial charge is 0.138 e. The van der Waals surface area contributed by atoms with E-state index >= 15 is 0 Å². The number of aromatic nitrogens is 2. The number of hydrogen-bond donors (Lipinski definition) is 1. The molecule has 0 saturated heterocycles. The highest BCUT2D eigenvalue weighted by Crippen LogP contribution is 2.26. The molecule has 3 nitrogen and oxygen atoms in total. The van der Waals surface area contributed by atoms with E-state index in [1.807, 2.05) is 31.8 Å². The second-order valence-corrected chi connectivity index (χ2v) is 6.82. The number of thioether (sulfide) groups is 1. The first kappa shape index (κ1) is 13.5. The summed E-state index contributed by atoms with van der Waals surface area (Å²) in [5.41, 5.74) is 7.85. The summed E-state index contributed by atoms with van der Waals surface area (Å²) in [5.74, 6) is 1.74. The Hall–Kier alpha value is -0.610. The number of aryl methyl sites for hydroxylation is 1. The largest absolute Gasteiger partial charge is 0.324 e. The molecule has 1 rings (SSSR count). The number of nitrogens with zero attached hydrogens (tertiary/aromatic N) is 2. The summed E-state index contributed by atoms with van der Waals surface area (Å²) in [5, 5.41) is 0. The Morgan fingerprint density at radius 1 is 1.44 bits per heavy atom. The first-order valence-corrected chi connectivity index (χ1v) is 6.50. The van der Waals surface area contributed by atoms with E-state index in [0.29, 0.717) is 0 Å². The Balaban J connectivity index is 2.74. The van der Waals surface area contributed by atoms with Crippen molar-refractivity contribution < 1.29 is 0 Å². The molecular weight excluding hydrogens is 218 g/mol. The molecule has 0 spiro atoms. The summed E-state index contributed by atoms with van der Waals surface area (Å²) in [4.78, 5) is 8.84. The summed E-state index contributed by atoms with van der Waals surface area (Å²) in [6.45, 7) is 10.5. The van der Waals surface area contributed by atoms with Gasteiger partial charge in [-0.15, -0.1) is 11.8 Å². The van der Waals surface area contributed by atoms with Crippen LogP contribution in [0.2, 0.25) is 0 Å². The van der Waals surface area contributed by atoms with Gasteiger partial charge in [-0.05, 0) is 13.8 Å². The van der Waals surface area contributed by atoms with Crippen LogP contribution in [0, 0.1) is 6.92 Å². The first-order valence-electron chi connectivity index (χ1n) is 5.51. The van der Waals surface area contributed by atoms with Gasteiger partial charge in [0.1, 0.15) is 5.82 Å². The average molecular weight is 239 g/mol. The van der Waals surface area contributed by atoms with Gasteiger partial charge in [-0.25, -0.2) is 9.97 Å². The van der Waals surface area contributed by atoms with Crippen molar-refractivity contribution in [1.82, 2.24) is 9.97 Å². The molecule has 1 aromatic rings. The standard InChI is InChI=1S/C12H21N3S/c1-8(13)10-6-14-11(15-9(10)2)7-16-12(3,4)5/h6,8H,7,13H2,1-5H3. The average Bonchev–Trinajstić information content (AvgIpc) is 2.13. The predicted molar refractivity (Wildman–Crippen MR) is 70.4 cm³/mol. The molecule has 0 aliphatic heterocycles. The number of nitrogens with two attached hydrogens (primary N) is 1. The van der Waals surface area contributed by atoms with Crippen LogP contribution in [0.1, 0.15) is 50.8 Å². The molecule has 1 aromatic heterocycles. The maximum atomic E-state index is 5.82. The quantitative estimate of drug-likeness (QED) is 0.881. The maximum absolute atomic E-state index is 5.82. The van der Waals surface area contributed by atoms with Gasteiger partial charge in [-0.3, -0.25) is 0 Å². The Labute approximate surface area is 102 Å². The monoisotopic (exact) mass is 239 g/mol. The van der Waals surface area contributed by atoms with Crippen LogP contribution in [-0.4, -0.2) is 14.7 Å². The second kappa shape index (κ2) is 5.15. The van der Waals surface area contributed by atoms with Crippen molar-refractivity contribution in [2.24, 2.45) is 5.73 Å². The van der Waals surface area contributed by atoms with Crippen molar-refractivity contribution >= 4 is 11.8 Å². The fourth-order valence-corrected chi connectivity index (χ4v) is 2.02. The Bertz CT molecular complexity index is 356. The van der Waals surface area contributed by atoms with E-state index in [0.717, 1.165) is 22.8 Å². The van der Waals surface area contributed by atoms with E-state index in [1.165, 1.54) is 0 Å². The lowest BCUT2D eigenvalue weighted by atomic mass is 10.1. The molecule has 90 valence electrons. The van der Waals surface area contributed by atoms with Gasteiger partial charge in [0.05, 0.1) is 5.75 Å². The minimum atomic E-state index is 0.00400. The third kappa shape index (κ3) is 4.10. The lowest BCUT2D eigenvalue weighted by Gasteiger charge is -2.17. The second-order valence-electron chi connectivity index (χ2n) is 5.02. The summed E-state index contributed by atoms with van der Waals surface area (Å²) in [6.07, 6.45) is 1.85. The van der Waals surface area contributed by atoms with Crippen LogP contribution in [0.15, 0.2) is 6.20 Å². The molecule has 1 unspecified atom stereocenters. The van der Waals surface area contributed by atoms with Crippen LogP contribution >= 0.6 is 11.8 Å². The maximum Gasteiger partial charge on any atom is 0.138 e. The third-order valence-electron chi connectivity index (χ3n) is 2.19. The van der Waals surface area contributed by atoms with Crippen molar-refractivity contribution in [1.29, 1.82) is 0 Å². The molecule has 0 aliphatic rings. The molecule has 1 atom stereocenters. The van der Waals surface area contributed by atoms with Gasteiger partial charge in [-0.2, -0.15) is 0 Å². The van der Waals surface area contributed by atoms with Crippen molar-refractivity contribution in [2.45, 2.75) is 51.2 Å². The van der Waals surface area contributed by atoms with E-state index in [-0.39, 0.29) is 10.8 Å². The molecular formula is C12H21N3S. The van der Waals surface area contributed by atoms with Gasteiger partial charge in [0.15, 0.2) is 0 Å². The van der Waals surface area contributed by atoms with Gasteiger partial charge >= 0.3 is 0 Å². The molecule has 4 heteroatoms. The molecule has 0 amide bonds. The SMILES string of the molecule is Cc1nc(CSC(C)(C)C)ncc1C(C)N. The normalized spacial score (nSPS) is 13.9. The van der Waals surface area contributed by atoms with Crippen LogP contribution in [0.4, 0.5) is 0 Å². The predicted octanol–water partition coefficient (Wildman–Crippen LogP) is 2.84. The van der Waals surface area contributed by atoms with Crippen LogP contribution in [0.25, 0.3) is 0 Å². The molecule has 0 fully saturated rings. The van der Waals surface area contributed by atoms with Gasteiger partial charge in [0.25, 0.3) is 0 Å². The molecule has 0 aromatic carbocycles. The molecule has 2 N–H and O–H groups in total. The van der Waals surface area contributed by atoms with Gasteiger partial charge < -0.3 is 5.73 Å². The summed E-state index contributed by atoms with van der Waals surface area (Å²) in [7, 11) is 0. The van der Waals surface area contributed by atoms with Gasteiger partial charge in [0.2, 0.25) is 0 Å². The zero-order valence-corrected chi connectivity index (χ0v) is 11.6.